The summed E-state index contributed by atoms with van der Waals surface area (Å²) in [7, 11) is 3.43. The highest BCUT2D eigenvalue weighted by Gasteiger charge is 2.42. The van der Waals surface area contributed by atoms with Crippen LogP contribution in [0.4, 0.5) is 5.69 Å². The van der Waals surface area contributed by atoms with Crippen LogP contribution >= 0.6 is 0 Å². The van der Waals surface area contributed by atoms with Gasteiger partial charge >= 0.3 is 0 Å². The average molecular weight is 328 g/mol. The van der Waals surface area contributed by atoms with Crippen molar-refractivity contribution in [1.82, 2.24) is 10.2 Å². The van der Waals surface area contributed by atoms with Crippen molar-refractivity contribution in [3.05, 3.63) is 29.8 Å². The molecule has 1 aromatic rings. The van der Waals surface area contributed by atoms with Gasteiger partial charge in [0.2, 0.25) is 11.8 Å². The Labute approximate surface area is 142 Å². The zero-order valence-electron chi connectivity index (χ0n) is 14.4. The number of amides is 2. The number of nitriles is 1. The molecule has 0 heterocycles. The van der Waals surface area contributed by atoms with E-state index < -0.39 is 5.54 Å². The van der Waals surface area contributed by atoms with Gasteiger partial charge in [-0.3, -0.25) is 9.59 Å². The van der Waals surface area contributed by atoms with E-state index in [4.69, 9.17) is 0 Å². The van der Waals surface area contributed by atoms with Gasteiger partial charge in [0.1, 0.15) is 5.54 Å². The predicted molar refractivity (Wildman–Crippen MR) is 92.2 cm³/mol. The Morgan fingerprint density at radius 3 is 2.58 bits per heavy atom. The van der Waals surface area contributed by atoms with Crippen LogP contribution in [-0.4, -0.2) is 42.9 Å². The molecule has 0 saturated heterocycles. The SMILES string of the molecule is CN(C)C(=O)Cc1ccccc1NCC(=O)N[C@](C)(C#N)C1CC1. The van der Waals surface area contributed by atoms with Crippen molar-refractivity contribution in [2.75, 3.05) is 26.0 Å². The smallest absolute Gasteiger partial charge is 0.240 e. The number of nitrogens with zero attached hydrogens (tertiary/aromatic N) is 2. The number of para-hydroxylation sites is 1. The van der Waals surface area contributed by atoms with E-state index in [0.29, 0.717) is 0 Å². The molecule has 0 radical (unpaired) electrons. The maximum atomic E-state index is 12.2. The van der Waals surface area contributed by atoms with E-state index in [0.717, 1.165) is 24.1 Å². The molecule has 1 saturated carbocycles. The van der Waals surface area contributed by atoms with Crippen LogP contribution in [0.1, 0.15) is 25.3 Å². The van der Waals surface area contributed by atoms with Crippen molar-refractivity contribution in [1.29, 1.82) is 5.26 Å². The van der Waals surface area contributed by atoms with E-state index in [1.807, 2.05) is 24.3 Å². The Morgan fingerprint density at radius 1 is 1.33 bits per heavy atom. The summed E-state index contributed by atoms with van der Waals surface area (Å²) in [5.41, 5.74) is 0.807. The molecule has 1 aromatic carbocycles. The van der Waals surface area contributed by atoms with Crippen LogP contribution in [0.15, 0.2) is 24.3 Å². The molecule has 0 aliphatic heterocycles. The first kappa shape index (κ1) is 17.8. The third-order valence-corrected chi connectivity index (χ3v) is 4.32. The summed E-state index contributed by atoms with van der Waals surface area (Å²) >= 11 is 0. The number of benzene rings is 1. The van der Waals surface area contributed by atoms with Crippen molar-refractivity contribution >= 4 is 17.5 Å². The number of anilines is 1. The Hall–Kier alpha value is -2.55. The summed E-state index contributed by atoms with van der Waals surface area (Å²) in [6.45, 7) is 1.84. The summed E-state index contributed by atoms with van der Waals surface area (Å²) in [5, 5.41) is 15.2. The molecular weight excluding hydrogens is 304 g/mol. The van der Waals surface area contributed by atoms with Crippen LogP contribution in [-0.2, 0) is 16.0 Å². The predicted octanol–water partition coefficient (Wildman–Crippen LogP) is 1.54. The fourth-order valence-electron chi connectivity index (χ4n) is 2.56. The Morgan fingerprint density at radius 2 is 2.00 bits per heavy atom. The number of nitrogens with one attached hydrogen (secondary N) is 2. The molecule has 0 aromatic heterocycles. The summed E-state index contributed by atoms with van der Waals surface area (Å²) in [6.07, 6.45) is 2.23. The molecule has 128 valence electrons. The second-order valence-corrected chi connectivity index (χ2v) is 6.61. The molecular formula is C18H24N4O2. The van der Waals surface area contributed by atoms with Gasteiger partial charge in [-0.15, -0.1) is 0 Å². The van der Waals surface area contributed by atoms with Crippen molar-refractivity contribution in [2.24, 2.45) is 5.92 Å². The topological polar surface area (TPSA) is 85.2 Å². The molecule has 2 rings (SSSR count). The van der Waals surface area contributed by atoms with Crippen LogP contribution in [0, 0.1) is 17.2 Å². The highest BCUT2D eigenvalue weighted by atomic mass is 16.2. The molecule has 24 heavy (non-hydrogen) atoms. The third kappa shape index (κ3) is 4.48. The van der Waals surface area contributed by atoms with Gasteiger partial charge in [0.25, 0.3) is 0 Å². The zero-order chi connectivity index (χ0) is 17.7. The van der Waals surface area contributed by atoms with Gasteiger partial charge in [0.15, 0.2) is 0 Å². The Kier molecular flexibility index (Phi) is 5.45. The number of hydrogen-bond acceptors (Lipinski definition) is 4. The molecule has 1 atom stereocenters. The molecule has 1 aliphatic carbocycles. The molecule has 6 nitrogen and oxygen atoms in total. The molecule has 0 bridgehead atoms. The normalized spacial score (nSPS) is 15.8. The van der Waals surface area contributed by atoms with Gasteiger partial charge < -0.3 is 15.5 Å². The van der Waals surface area contributed by atoms with Crippen LogP contribution in [0.2, 0.25) is 0 Å². The van der Waals surface area contributed by atoms with E-state index in [9.17, 15) is 14.9 Å². The van der Waals surface area contributed by atoms with Gasteiger partial charge in [-0.1, -0.05) is 18.2 Å². The lowest BCUT2D eigenvalue weighted by Crippen LogP contribution is -2.48. The molecule has 0 unspecified atom stereocenters. The minimum Gasteiger partial charge on any atom is -0.376 e. The van der Waals surface area contributed by atoms with E-state index in [1.54, 1.807) is 21.0 Å². The summed E-state index contributed by atoms with van der Waals surface area (Å²) in [6, 6.07) is 9.64. The molecule has 2 N–H and O–H groups in total. The highest BCUT2D eigenvalue weighted by Crippen LogP contribution is 2.39. The molecule has 2 amide bonds. The minimum absolute atomic E-state index is 0.000472. The molecule has 6 heteroatoms. The maximum absolute atomic E-state index is 12.2. The number of rotatable bonds is 7. The quantitative estimate of drug-likeness (QED) is 0.795. The second kappa shape index (κ2) is 7.35. The van der Waals surface area contributed by atoms with Crippen molar-refractivity contribution in [3.8, 4) is 6.07 Å². The van der Waals surface area contributed by atoms with E-state index >= 15 is 0 Å². The van der Waals surface area contributed by atoms with Gasteiger partial charge in [0.05, 0.1) is 19.0 Å². The molecule has 1 fully saturated rings. The number of hydrogen-bond donors (Lipinski definition) is 2. The van der Waals surface area contributed by atoms with Crippen molar-refractivity contribution in [2.45, 2.75) is 31.7 Å². The van der Waals surface area contributed by atoms with Gasteiger partial charge in [-0.05, 0) is 37.3 Å². The van der Waals surface area contributed by atoms with Gasteiger partial charge in [-0.2, -0.15) is 5.26 Å². The van der Waals surface area contributed by atoms with E-state index in [1.165, 1.54) is 4.90 Å². The summed E-state index contributed by atoms with van der Waals surface area (Å²) in [5.74, 6) is 0.0237. The Bertz CT molecular complexity index is 661. The lowest BCUT2D eigenvalue weighted by Gasteiger charge is -2.23. The Balaban J connectivity index is 1.95. The average Bonchev–Trinajstić information content (AvgIpc) is 3.39. The van der Waals surface area contributed by atoms with Gasteiger partial charge in [-0.25, -0.2) is 0 Å². The van der Waals surface area contributed by atoms with Crippen LogP contribution in [0.3, 0.4) is 0 Å². The third-order valence-electron chi connectivity index (χ3n) is 4.32. The minimum atomic E-state index is -0.792. The zero-order valence-corrected chi connectivity index (χ0v) is 14.4. The fraction of sp³-hybridized carbons (Fsp3) is 0.500. The molecule has 1 aliphatic rings. The van der Waals surface area contributed by atoms with E-state index in [2.05, 4.69) is 16.7 Å². The molecule has 0 spiro atoms. The second-order valence-electron chi connectivity index (χ2n) is 6.61. The van der Waals surface area contributed by atoms with Crippen LogP contribution < -0.4 is 10.6 Å². The lowest BCUT2D eigenvalue weighted by molar-refractivity contribution is -0.128. The first-order valence-electron chi connectivity index (χ1n) is 8.10. The van der Waals surface area contributed by atoms with Crippen molar-refractivity contribution in [3.63, 3.8) is 0 Å². The monoisotopic (exact) mass is 328 g/mol. The largest absolute Gasteiger partial charge is 0.376 e. The van der Waals surface area contributed by atoms with Crippen molar-refractivity contribution < 1.29 is 9.59 Å². The van der Waals surface area contributed by atoms with Crippen LogP contribution in [0.5, 0.6) is 0 Å². The highest BCUT2D eigenvalue weighted by molar-refractivity contribution is 5.83. The summed E-state index contributed by atoms with van der Waals surface area (Å²) in [4.78, 5) is 25.6. The number of carbonyl (C=O) groups excluding carboxylic acids is 2. The van der Waals surface area contributed by atoms with E-state index in [-0.39, 0.29) is 30.7 Å². The maximum Gasteiger partial charge on any atom is 0.240 e. The summed E-state index contributed by atoms with van der Waals surface area (Å²) < 4.78 is 0. The van der Waals surface area contributed by atoms with Gasteiger partial charge in [0, 0.05) is 19.8 Å². The first-order chi connectivity index (χ1) is 11.4. The lowest BCUT2D eigenvalue weighted by atomic mass is 9.98. The fourth-order valence-corrected chi connectivity index (χ4v) is 2.56. The number of likely N-dealkylation sites (N-methyl/N-ethyl adjacent to an activating group) is 1. The standard InChI is InChI=1S/C18H24N4O2/c1-18(12-19,14-8-9-14)21-16(23)11-20-15-7-5-4-6-13(15)10-17(24)22(2)3/h4-7,14,20H,8-11H2,1-3H3,(H,21,23)/t18-/m1/s1. The first-order valence-corrected chi connectivity index (χ1v) is 8.10. The number of carbonyl (C=O) groups is 2. The van der Waals surface area contributed by atoms with Crippen LogP contribution in [0.25, 0.3) is 0 Å².